The molecule has 0 amide bonds. The van der Waals surface area contributed by atoms with Crippen molar-refractivity contribution in [1.29, 1.82) is 0 Å². The summed E-state index contributed by atoms with van der Waals surface area (Å²) in [6.07, 6.45) is 7.96. The van der Waals surface area contributed by atoms with Gasteiger partial charge in [-0.05, 0) is 62.1 Å². The molecule has 0 bridgehead atoms. The fourth-order valence-electron chi connectivity index (χ4n) is 6.07. The van der Waals surface area contributed by atoms with E-state index in [4.69, 9.17) is 25.8 Å². The molecule has 2 aliphatic rings. The first-order valence-electron chi connectivity index (χ1n) is 13.8. The van der Waals surface area contributed by atoms with Gasteiger partial charge in [-0.2, -0.15) is 0 Å². The number of halogens is 3. The van der Waals surface area contributed by atoms with E-state index < -0.39 is 22.5 Å². The lowest BCUT2D eigenvalue weighted by Gasteiger charge is -2.41. The molecule has 0 unspecified atom stereocenters. The lowest BCUT2D eigenvalue weighted by atomic mass is 9.89. The van der Waals surface area contributed by atoms with E-state index in [0.717, 1.165) is 68.5 Å². The van der Waals surface area contributed by atoms with Gasteiger partial charge in [-0.1, -0.05) is 29.8 Å². The number of rotatable bonds is 4. The lowest BCUT2D eigenvalue weighted by Crippen LogP contribution is -2.49. The SMILES string of the molecule is CN1CCN(C2CCC(n3cc(-c4ccc(-c5ccc(F)c(Cl)c5)c(F)c4)c4c(N)ncnc43)CC2)CC1.N[SH](=O)=O. The highest BCUT2D eigenvalue weighted by Gasteiger charge is 2.30. The van der Waals surface area contributed by atoms with Crippen LogP contribution in [0, 0.1) is 11.6 Å². The second kappa shape index (κ2) is 13.0. The zero-order valence-corrected chi connectivity index (χ0v) is 24.9. The van der Waals surface area contributed by atoms with Crippen molar-refractivity contribution in [2.24, 2.45) is 5.14 Å². The van der Waals surface area contributed by atoms with E-state index >= 15 is 4.39 Å². The van der Waals surface area contributed by atoms with Gasteiger partial charge in [0, 0.05) is 55.6 Å². The van der Waals surface area contributed by atoms with Gasteiger partial charge in [0.15, 0.2) is 10.9 Å². The Morgan fingerprint density at radius 1 is 0.881 bits per heavy atom. The molecule has 9 nitrogen and oxygen atoms in total. The number of nitrogens with zero attached hydrogens (tertiary/aromatic N) is 5. The monoisotopic (exact) mass is 617 g/mol. The van der Waals surface area contributed by atoms with Crippen molar-refractivity contribution < 1.29 is 17.2 Å². The standard InChI is InChI=1S/C29H31ClF2N6.H3NO2S/c1-36-10-12-37(13-11-36)20-4-6-21(7-5-20)38-16-23(27-28(33)34-17-35-29(27)38)19-2-8-22(26(32)15-19)18-3-9-25(31)24(30)14-18;1-4(2)3/h2-3,8-9,14-17,20-21H,4-7,10-13H2,1H3,(H2,33,34,35);4H,(H2,1,2,3). The number of aromatic nitrogens is 3. The normalized spacial score (nSPS) is 20.0. The third kappa shape index (κ3) is 6.57. The molecule has 2 fully saturated rings. The molecular weight excluding hydrogens is 584 g/mol. The van der Waals surface area contributed by atoms with Crippen LogP contribution in [0.5, 0.6) is 0 Å². The second-order valence-electron chi connectivity index (χ2n) is 10.8. The zero-order chi connectivity index (χ0) is 30.0. The molecule has 2 aromatic heterocycles. The molecule has 2 aromatic carbocycles. The summed E-state index contributed by atoms with van der Waals surface area (Å²) in [5.41, 5.74) is 9.49. The molecule has 224 valence electrons. The summed E-state index contributed by atoms with van der Waals surface area (Å²) in [6, 6.07) is 10.2. The Bertz CT molecular complexity index is 1640. The third-order valence-electron chi connectivity index (χ3n) is 8.26. The Labute approximate surface area is 250 Å². The first-order chi connectivity index (χ1) is 20.1. The van der Waals surface area contributed by atoms with Crippen LogP contribution in [0.1, 0.15) is 31.7 Å². The maximum Gasteiger partial charge on any atom is 0.198 e. The van der Waals surface area contributed by atoms with Crippen molar-refractivity contribution in [3.05, 3.63) is 65.6 Å². The van der Waals surface area contributed by atoms with Crippen molar-refractivity contribution in [1.82, 2.24) is 24.3 Å². The molecule has 0 atom stereocenters. The Morgan fingerprint density at radius 2 is 1.50 bits per heavy atom. The first kappa shape index (κ1) is 30.3. The van der Waals surface area contributed by atoms with Gasteiger partial charge in [0.2, 0.25) is 0 Å². The summed E-state index contributed by atoms with van der Waals surface area (Å²) in [5.74, 6) is -0.577. The molecule has 4 aromatic rings. The van der Waals surface area contributed by atoms with Gasteiger partial charge in [-0.15, -0.1) is 0 Å². The van der Waals surface area contributed by atoms with Crippen LogP contribution >= 0.6 is 11.6 Å². The minimum absolute atomic E-state index is 0.0405. The van der Waals surface area contributed by atoms with Crippen molar-refractivity contribution in [3.8, 4) is 22.3 Å². The van der Waals surface area contributed by atoms with Crippen molar-refractivity contribution in [3.63, 3.8) is 0 Å². The summed E-state index contributed by atoms with van der Waals surface area (Å²) in [6.45, 7) is 4.53. The zero-order valence-electron chi connectivity index (χ0n) is 23.2. The Morgan fingerprint density at radius 3 is 2.14 bits per heavy atom. The summed E-state index contributed by atoms with van der Waals surface area (Å²) < 4.78 is 48.8. The molecule has 4 N–H and O–H groups in total. The van der Waals surface area contributed by atoms with Gasteiger partial charge in [-0.3, -0.25) is 4.90 Å². The summed E-state index contributed by atoms with van der Waals surface area (Å²) in [7, 11) is -0.432. The molecule has 42 heavy (non-hydrogen) atoms. The number of fused-ring (bicyclic) bond motifs is 1. The molecule has 1 aliphatic heterocycles. The number of thiol groups is 1. The smallest absolute Gasteiger partial charge is 0.198 e. The number of nitrogens with two attached hydrogens (primary N) is 2. The predicted octanol–water partition coefficient (Wildman–Crippen LogP) is 4.48. The average molecular weight is 618 g/mol. The van der Waals surface area contributed by atoms with Gasteiger partial charge < -0.3 is 15.2 Å². The van der Waals surface area contributed by atoms with Crippen LogP contribution in [0.15, 0.2) is 48.9 Å². The molecule has 1 aliphatic carbocycles. The van der Waals surface area contributed by atoms with Crippen molar-refractivity contribution >= 4 is 39.3 Å². The molecule has 3 heterocycles. The van der Waals surface area contributed by atoms with E-state index in [2.05, 4.69) is 42.7 Å². The van der Waals surface area contributed by atoms with Crippen LogP contribution in [0.4, 0.5) is 14.6 Å². The number of likely N-dealkylation sites (N-methyl/N-ethyl adjacent to an activating group) is 1. The topological polar surface area (TPSA) is 123 Å². The van der Waals surface area contributed by atoms with Crippen LogP contribution in [0.25, 0.3) is 33.3 Å². The molecule has 6 rings (SSSR count). The second-order valence-corrected chi connectivity index (χ2v) is 11.8. The Kier molecular flexibility index (Phi) is 9.38. The Balaban J connectivity index is 0.000000830. The number of hydrogen-bond donors (Lipinski definition) is 3. The van der Waals surface area contributed by atoms with E-state index in [1.54, 1.807) is 6.07 Å². The van der Waals surface area contributed by atoms with E-state index in [-0.39, 0.29) is 5.02 Å². The van der Waals surface area contributed by atoms with E-state index in [0.29, 0.717) is 34.6 Å². The van der Waals surface area contributed by atoms with Gasteiger partial charge >= 0.3 is 0 Å². The van der Waals surface area contributed by atoms with Crippen LogP contribution in [0.3, 0.4) is 0 Å². The minimum atomic E-state index is -2.62. The third-order valence-corrected chi connectivity index (χ3v) is 8.55. The summed E-state index contributed by atoms with van der Waals surface area (Å²) in [4.78, 5) is 13.9. The number of anilines is 1. The Hall–Kier alpha value is -3.16. The van der Waals surface area contributed by atoms with E-state index in [1.165, 1.54) is 30.6 Å². The van der Waals surface area contributed by atoms with E-state index in [1.807, 2.05) is 6.07 Å². The van der Waals surface area contributed by atoms with Gasteiger partial charge in [0.25, 0.3) is 0 Å². The summed E-state index contributed by atoms with van der Waals surface area (Å²) in [5, 5.41) is 4.77. The summed E-state index contributed by atoms with van der Waals surface area (Å²) >= 11 is 5.93. The van der Waals surface area contributed by atoms with Crippen LogP contribution in [-0.4, -0.2) is 72.0 Å². The quantitative estimate of drug-likeness (QED) is 0.289. The average Bonchev–Trinajstić information content (AvgIpc) is 3.36. The van der Waals surface area contributed by atoms with Crippen molar-refractivity contribution in [2.45, 2.75) is 37.8 Å². The van der Waals surface area contributed by atoms with Crippen LogP contribution in [-0.2, 0) is 10.9 Å². The first-order valence-corrected chi connectivity index (χ1v) is 15.4. The maximum absolute atomic E-state index is 15.3. The number of benzene rings is 2. The highest BCUT2D eigenvalue weighted by Crippen LogP contribution is 2.40. The van der Waals surface area contributed by atoms with Gasteiger partial charge in [-0.25, -0.2) is 32.3 Å². The lowest BCUT2D eigenvalue weighted by molar-refractivity contribution is 0.0828. The predicted molar refractivity (Wildman–Crippen MR) is 163 cm³/mol. The highest BCUT2D eigenvalue weighted by atomic mass is 35.5. The van der Waals surface area contributed by atoms with Crippen LogP contribution in [0.2, 0.25) is 5.02 Å². The highest BCUT2D eigenvalue weighted by molar-refractivity contribution is 7.69. The molecule has 0 radical (unpaired) electrons. The maximum atomic E-state index is 15.3. The largest absolute Gasteiger partial charge is 0.383 e. The van der Waals surface area contributed by atoms with Gasteiger partial charge in [0.1, 0.15) is 29.4 Å². The molecule has 1 saturated carbocycles. The molecule has 0 spiro atoms. The minimum Gasteiger partial charge on any atom is -0.383 e. The number of nitrogen functional groups attached to an aromatic ring is 1. The van der Waals surface area contributed by atoms with Gasteiger partial charge in [0.05, 0.1) is 10.4 Å². The van der Waals surface area contributed by atoms with Crippen LogP contribution < -0.4 is 10.9 Å². The molecule has 1 saturated heterocycles. The fraction of sp³-hybridized carbons (Fsp3) is 0.379. The molecule has 13 heteroatoms. The number of hydrogen-bond acceptors (Lipinski definition) is 7. The van der Waals surface area contributed by atoms with Crippen molar-refractivity contribution in [2.75, 3.05) is 39.0 Å². The fourth-order valence-corrected chi connectivity index (χ4v) is 6.26. The molecular formula is C29H34ClF2N7O2S. The number of piperazine rings is 1. The van der Waals surface area contributed by atoms with E-state index in [9.17, 15) is 4.39 Å².